The van der Waals surface area contributed by atoms with Crippen LogP contribution < -0.4 is 16.0 Å². The zero-order valence-electron chi connectivity index (χ0n) is 36.5. The molecule has 5 N–H and O–H groups in total. The number of rotatable bonds is 24. The Labute approximate surface area is 374 Å². The minimum absolute atomic E-state index is 0.00774. The fraction of sp³-hybridized carbons (Fsp3) is 0.565. The van der Waals surface area contributed by atoms with Gasteiger partial charge in [-0.05, 0) is 86.1 Å². The van der Waals surface area contributed by atoms with Crippen molar-refractivity contribution in [1.82, 2.24) is 46.1 Å². The maximum Gasteiger partial charge on any atom is 0.308 e. The standard InChI is InChI=1S/C46H62ClN9O7/c1-3-4-13-38-51-40(47)39(56(38)29-31-14-16-32(17-15-31)36-11-5-6-12-37(36)41-52-54-55-53-41)43(58)49-25-10-9-24-48-42(57)33-18-20-35(21-19-33)50-45(61)46(22-7-8-23-46)28-34(44(59)60)30-63-27-26-62-2/h5-6,11-12,14-17,33-35H,3-4,7-10,13,18-30H2,1-2H3,(H,48,57)(H,49,58)(H,50,61)(H,59,60)(H,52,53,54,55). The van der Waals surface area contributed by atoms with Crippen LogP contribution in [0.2, 0.25) is 5.15 Å². The second-order valence-electron chi connectivity index (χ2n) is 16.9. The van der Waals surface area contributed by atoms with E-state index < -0.39 is 17.3 Å². The molecule has 0 spiro atoms. The number of H-pyrrole nitrogens is 1. The number of aliphatic carboxylic acids is 1. The van der Waals surface area contributed by atoms with Crippen molar-refractivity contribution in [3.63, 3.8) is 0 Å². The molecular formula is C46H62ClN9O7. The van der Waals surface area contributed by atoms with Crippen LogP contribution in [-0.2, 0) is 36.8 Å². The van der Waals surface area contributed by atoms with E-state index in [-0.39, 0.29) is 47.9 Å². The molecule has 340 valence electrons. The van der Waals surface area contributed by atoms with Gasteiger partial charge in [0.25, 0.3) is 5.91 Å². The number of carbonyl (C=O) groups excluding carboxylic acids is 3. The average Bonchev–Trinajstić information content (AvgIpc) is 4.07. The molecule has 0 aliphatic heterocycles. The number of hydrogen-bond acceptors (Lipinski definition) is 10. The number of ether oxygens (including phenoxy) is 2. The molecular weight excluding hydrogens is 826 g/mol. The lowest BCUT2D eigenvalue weighted by Gasteiger charge is -2.34. The van der Waals surface area contributed by atoms with Crippen LogP contribution in [0.1, 0.15) is 112 Å². The number of nitrogens with zero attached hydrogens (tertiary/aromatic N) is 5. The van der Waals surface area contributed by atoms with Crippen LogP contribution in [-0.4, -0.2) is 105 Å². The Kier molecular flexibility index (Phi) is 17.6. The van der Waals surface area contributed by atoms with Crippen LogP contribution in [0.3, 0.4) is 0 Å². The Morgan fingerprint density at radius 3 is 2.33 bits per heavy atom. The lowest BCUT2D eigenvalue weighted by Crippen LogP contribution is -2.48. The number of aromatic amines is 1. The van der Waals surface area contributed by atoms with Crippen molar-refractivity contribution in [2.75, 3.05) is 40.0 Å². The van der Waals surface area contributed by atoms with Gasteiger partial charge in [-0.1, -0.05) is 86.3 Å². The second-order valence-corrected chi connectivity index (χ2v) is 17.3. The molecule has 2 saturated carbocycles. The molecule has 4 aromatic rings. The Balaban J connectivity index is 0.940. The molecule has 2 heterocycles. The van der Waals surface area contributed by atoms with Gasteiger partial charge in [-0.15, -0.1) is 10.2 Å². The van der Waals surface area contributed by atoms with Gasteiger partial charge in [0.2, 0.25) is 17.6 Å². The van der Waals surface area contributed by atoms with Gasteiger partial charge < -0.3 is 35.1 Å². The van der Waals surface area contributed by atoms with E-state index in [1.54, 1.807) is 7.11 Å². The Bertz CT molecular complexity index is 2100. The summed E-state index contributed by atoms with van der Waals surface area (Å²) in [6, 6.07) is 16.0. The summed E-state index contributed by atoms with van der Waals surface area (Å²) in [5, 5.41) is 33.9. The number of halogens is 1. The molecule has 0 radical (unpaired) electrons. The molecule has 17 heteroatoms. The Morgan fingerprint density at radius 2 is 1.67 bits per heavy atom. The average molecular weight is 889 g/mol. The van der Waals surface area contributed by atoms with E-state index in [1.807, 2.05) is 53.1 Å². The van der Waals surface area contributed by atoms with Crippen molar-refractivity contribution in [3.8, 4) is 22.5 Å². The van der Waals surface area contributed by atoms with E-state index in [4.69, 9.17) is 21.1 Å². The van der Waals surface area contributed by atoms with E-state index in [0.717, 1.165) is 53.8 Å². The van der Waals surface area contributed by atoms with Crippen LogP contribution in [0, 0.1) is 17.3 Å². The van der Waals surface area contributed by atoms with E-state index in [2.05, 4.69) is 48.5 Å². The molecule has 2 aromatic heterocycles. The van der Waals surface area contributed by atoms with E-state index in [0.29, 0.717) is 102 Å². The second kappa shape index (κ2) is 23.5. The molecule has 2 aromatic carbocycles. The normalized spacial score (nSPS) is 17.6. The highest BCUT2D eigenvalue weighted by atomic mass is 35.5. The van der Waals surface area contributed by atoms with Crippen LogP contribution in [0.25, 0.3) is 22.5 Å². The predicted octanol–water partition coefficient (Wildman–Crippen LogP) is 6.39. The van der Waals surface area contributed by atoms with Crippen molar-refractivity contribution >= 4 is 35.3 Å². The highest BCUT2D eigenvalue weighted by Crippen LogP contribution is 2.44. The first-order valence-corrected chi connectivity index (χ1v) is 22.8. The van der Waals surface area contributed by atoms with Gasteiger partial charge >= 0.3 is 5.97 Å². The summed E-state index contributed by atoms with van der Waals surface area (Å²) in [5.74, 6) is -0.928. The van der Waals surface area contributed by atoms with E-state index >= 15 is 0 Å². The summed E-state index contributed by atoms with van der Waals surface area (Å²) in [6.45, 7) is 4.17. The third kappa shape index (κ3) is 12.7. The lowest BCUT2D eigenvalue weighted by molar-refractivity contribution is -0.147. The number of nitrogens with one attached hydrogen (secondary N) is 4. The van der Waals surface area contributed by atoms with Gasteiger partial charge in [-0.3, -0.25) is 19.2 Å². The maximum absolute atomic E-state index is 13.7. The Morgan fingerprint density at radius 1 is 0.952 bits per heavy atom. The van der Waals surface area contributed by atoms with Crippen LogP contribution in [0.15, 0.2) is 48.5 Å². The number of benzene rings is 2. The molecule has 2 aliphatic carbocycles. The first kappa shape index (κ1) is 47.3. The molecule has 16 nitrogen and oxygen atoms in total. The molecule has 1 unspecified atom stereocenters. The van der Waals surface area contributed by atoms with Gasteiger partial charge in [0.15, 0.2) is 5.15 Å². The number of amides is 3. The minimum Gasteiger partial charge on any atom is -0.481 e. The van der Waals surface area contributed by atoms with Crippen molar-refractivity contribution in [3.05, 3.63) is 70.8 Å². The summed E-state index contributed by atoms with van der Waals surface area (Å²) in [4.78, 5) is 57.1. The van der Waals surface area contributed by atoms with Gasteiger partial charge in [-0.25, -0.2) is 4.98 Å². The van der Waals surface area contributed by atoms with Crippen molar-refractivity contribution in [2.24, 2.45) is 17.3 Å². The summed E-state index contributed by atoms with van der Waals surface area (Å²) >= 11 is 6.65. The monoisotopic (exact) mass is 887 g/mol. The molecule has 1 atom stereocenters. The van der Waals surface area contributed by atoms with Crippen LogP contribution >= 0.6 is 11.6 Å². The molecule has 3 amide bonds. The maximum atomic E-state index is 13.7. The summed E-state index contributed by atoms with van der Waals surface area (Å²) in [5.41, 5.74) is 3.45. The number of carboxylic acids is 1. The van der Waals surface area contributed by atoms with Crippen LogP contribution in [0.5, 0.6) is 0 Å². The molecule has 2 aliphatic rings. The van der Waals surface area contributed by atoms with Gasteiger partial charge in [0.1, 0.15) is 11.5 Å². The fourth-order valence-corrected chi connectivity index (χ4v) is 9.21. The van der Waals surface area contributed by atoms with Crippen molar-refractivity contribution in [2.45, 2.75) is 109 Å². The highest BCUT2D eigenvalue weighted by molar-refractivity contribution is 6.32. The lowest BCUT2D eigenvalue weighted by atomic mass is 9.76. The predicted molar refractivity (Wildman–Crippen MR) is 238 cm³/mol. The van der Waals surface area contributed by atoms with Gasteiger partial charge in [0, 0.05) is 50.7 Å². The third-order valence-corrected chi connectivity index (χ3v) is 12.8. The first-order chi connectivity index (χ1) is 30.6. The van der Waals surface area contributed by atoms with Crippen LogP contribution in [0.4, 0.5) is 0 Å². The third-order valence-electron chi connectivity index (χ3n) is 12.5. The molecule has 6 rings (SSSR count). The smallest absolute Gasteiger partial charge is 0.308 e. The van der Waals surface area contributed by atoms with E-state index in [1.165, 1.54) is 0 Å². The van der Waals surface area contributed by atoms with E-state index in [9.17, 15) is 24.3 Å². The van der Waals surface area contributed by atoms with Gasteiger partial charge in [0.05, 0.1) is 31.2 Å². The summed E-state index contributed by atoms with van der Waals surface area (Å²) in [6.07, 6.45) is 10.0. The zero-order chi connectivity index (χ0) is 44.6. The number of imidazole rings is 1. The number of methoxy groups -OCH3 is 1. The number of carboxylic acid groups (broad SMARTS) is 1. The first-order valence-electron chi connectivity index (χ1n) is 22.5. The number of aryl methyl sites for hydroxylation is 1. The zero-order valence-corrected chi connectivity index (χ0v) is 37.3. The largest absolute Gasteiger partial charge is 0.481 e. The topological polar surface area (TPSA) is 215 Å². The SMILES string of the molecule is CCCCc1nc(Cl)c(C(=O)NCCCCNC(=O)C2CCC(NC(=O)C3(CC(COCCOC)C(=O)O)CCCC3)CC2)n1Cc1ccc(-c2ccccc2-c2nn[nH]n2)cc1. The van der Waals surface area contributed by atoms with Crippen molar-refractivity contribution in [1.29, 1.82) is 0 Å². The number of tetrazole rings is 1. The number of unbranched alkanes of at least 4 members (excludes halogenated alkanes) is 2. The number of carbonyl (C=O) groups is 4. The number of aromatic nitrogens is 6. The Hall–Kier alpha value is -5.19. The molecule has 63 heavy (non-hydrogen) atoms. The molecule has 0 saturated heterocycles. The quantitative estimate of drug-likeness (QED) is 0.0486. The number of hydrogen-bond donors (Lipinski definition) is 5. The molecule has 2 fully saturated rings. The fourth-order valence-electron chi connectivity index (χ4n) is 8.92. The minimum atomic E-state index is -0.954. The summed E-state index contributed by atoms with van der Waals surface area (Å²) < 4.78 is 12.5. The highest BCUT2D eigenvalue weighted by Gasteiger charge is 2.45. The van der Waals surface area contributed by atoms with Crippen molar-refractivity contribution < 1.29 is 33.8 Å². The van der Waals surface area contributed by atoms with Gasteiger partial charge in [-0.2, -0.15) is 5.21 Å². The molecule has 0 bridgehead atoms. The summed E-state index contributed by atoms with van der Waals surface area (Å²) in [7, 11) is 1.56.